The predicted molar refractivity (Wildman–Crippen MR) is 102 cm³/mol. The Morgan fingerprint density at radius 3 is 2.89 bits per heavy atom. The number of nitrogens with two attached hydrogens (primary N) is 1. The van der Waals surface area contributed by atoms with Crippen LogP contribution in [0.15, 0.2) is 40.6 Å². The van der Waals surface area contributed by atoms with Crippen molar-refractivity contribution in [2.45, 2.75) is 32.6 Å². The number of nitriles is 1. The van der Waals surface area contributed by atoms with Gasteiger partial charge < -0.3 is 16.4 Å². The average molecular weight is 374 g/mol. The highest BCUT2D eigenvalue weighted by atomic mass is 19.1. The van der Waals surface area contributed by atoms with Crippen molar-refractivity contribution in [3.8, 4) is 6.07 Å². The van der Waals surface area contributed by atoms with Gasteiger partial charge in [-0.25, -0.2) is 18.8 Å². The summed E-state index contributed by atoms with van der Waals surface area (Å²) in [4.78, 5) is 7.69. The number of aliphatic imine (C=N–C) groups is 2. The Bertz CT molecular complexity index is 893. The first-order valence-corrected chi connectivity index (χ1v) is 8.00. The molecule has 8 nitrogen and oxygen atoms in total. The van der Waals surface area contributed by atoms with Crippen molar-refractivity contribution >= 4 is 29.4 Å². The SMILES string of the molecule is CC(F)N=C(N=CNc1cc(N)ccc1F)Nc1cnn(C(C)(C)C#N)c1. The van der Waals surface area contributed by atoms with E-state index >= 15 is 0 Å². The van der Waals surface area contributed by atoms with E-state index in [1.54, 1.807) is 20.0 Å². The number of guanidine groups is 1. The fourth-order valence-electron chi connectivity index (χ4n) is 1.96. The lowest BCUT2D eigenvalue weighted by Crippen LogP contribution is -2.24. The first-order chi connectivity index (χ1) is 12.7. The first kappa shape index (κ1) is 19.8. The van der Waals surface area contributed by atoms with E-state index in [0.717, 1.165) is 6.34 Å². The molecule has 0 saturated carbocycles. The van der Waals surface area contributed by atoms with Crippen molar-refractivity contribution in [1.29, 1.82) is 5.26 Å². The molecule has 1 unspecified atom stereocenters. The Morgan fingerprint density at radius 1 is 1.48 bits per heavy atom. The number of alkyl halides is 1. The Morgan fingerprint density at radius 2 is 2.22 bits per heavy atom. The molecule has 142 valence electrons. The van der Waals surface area contributed by atoms with Gasteiger partial charge in [0.15, 0.2) is 6.30 Å². The lowest BCUT2D eigenvalue weighted by atomic mass is 10.1. The fraction of sp³-hybridized carbons (Fsp3) is 0.294. The zero-order valence-corrected chi connectivity index (χ0v) is 15.1. The largest absolute Gasteiger partial charge is 0.399 e. The van der Waals surface area contributed by atoms with Crippen LogP contribution in [0.4, 0.5) is 25.8 Å². The van der Waals surface area contributed by atoms with Crippen LogP contribution in [-0.2, 0) is 5.54 Å². The number of aromatic nitrogens is 2. The van der Waals surface area contributed by atoms with Crippen molar-refractivity contribution < 1.29 is 8.78 Å². The molecule has 0 amide bonds. The zero-order chi connectivity index (χ0) is 20.0. The van der Waals surface area contributed by atoms with Gasteiger partial charge in [-0.15, -0.1) is 0 Å². The number of nitrogen functional groups attached to an aromatic ring is 1. The molecule has 4 N–H and O–H groups in total. The number of benzene rings is 1. The summed E-state index contributed by atoms with van der Waals surface area (Å²) in [6.07, 6.45) is 2.68. The standard InChI is InChI=1S/C17H20F2N8/c1-11(18)25-16(23-10-22-15-6-12(21)4-5-14(15)19)26-13-7-24-27(8-13)17(2,3)9-20/h4-8,10-11H,21H2,1-3H3,(H2,22,23,25,26). The third-order valence-corrected chi connectivity index (χ3v) is 3.38. The molecule has 0 fully saturated rings. The molecule has 0 saturated heterocycles. The van der Waals surface area contributed by atoms with Crippen LogP contribution < -0.4 is 16.4 Å². The zero-order valence-electron chi connectivity index (χ0n) is 15.1. The van der Waals surface area contributed by atoms with Crippen molar-refractivity contribution in [2.75, 3.05) is 16.4 Å². The van der Waals surface area contributed by atoms with Crippen molar-refractivity contribution in [1.82, 2.24) is 9.78 Å². The summed E-state index contributed by atoms with van der Waals surface area (Å²) < 4.78 is 28.4. The fourth-order valence-corrected chi connectivity index (χ4v) is 1.96. The Hall–Kier alpha value is -3.48. The smallest absolute Gasteiger partial charge is 0.226 e. The van der Waals surface area contributed by atoms with Crippen LogP contribution in [0.3, 0.4) is 0 Å². The maximum absolute atomic E-state index is 13.7. The van der Waals surface area contributed by atoms with Crippen molar-refractivity contribution in [2.24, 2.45) is 9.98 Å². The normalized spacial score (nSPS) is 13.4. The van der Waals surface area contributed by atoms with Gasteiger partial charge in [0.2, 0.25) is 5.96 Å². The van der Waals surface area contributed by atoms with Gasteiger partial charge >= 0.3 is 0 Å². The molecule has 0 aliphatic heterocycles. The summed E-state index contributed by atoms with van der Waals surface area (Å²) >= 11 is 0. The summed E-state index contributed by atoms with van der Waals surface area (Å²) in [5.74, 6) is -0.572. The summed E-state index contributed by atoms with van der Waals surface area (Å²) in [5, 5.41) is 18.7. The summed E-state index contributed by atoms with van der Waals surface area (Å²) in [6.45, 7) is 4.64. The van der Waals surface area contributed by atoms with Crippen molar-refractivity contribution in [3.63, 3.8) is 0 Å². The lowest BCUT2D eigenvalue weighted by Gasteiger charge is -2.15. The van der Waals surface area contributed by atoms with E-state index < -0.39 is 17.7 Å². The topological polar surface area (TPSA) is 116 Å². The summed E-state index contributed by atoms with van der Waals surface area (Å²) in [5.41, 5.74) is 5.72. The van der Waals surface area contributed by atoms with Crippen LogP contribution in [0.25, 0.3) is 0 Å². The molecule has 27 heavy (non-hydrogen) atoms. The second-order valence-corrected chi connectivity index (χ2v) is 6.14. The van der Waals surface area contributed by atoms with Gasteiger partial charge in [0, 0.05) is 5.69 Å². The van der Waals surface area contributed by atoms with Gasteiger partial charge in [-0.3, -0.25) is 4.68 Å². The highest BCUT2D eigenvalue weighted by molar-refractivity contribution is 5.99. The molecule has 1 aromatic heterocycles. The molecule has 0 bridgehead atoms. The molecule has 0 aliphatic rings. The van der Waals surface area contributed by atoms with Gasteiger partial charge in [0.1, 0.15) is 11.4 Å². The van der Waals surface area contributed by atoms with Gasteiger partial charge in [-0.1, -0.05) is 0 Å². The molecule has 2 aromatic rings. The highest BCUT2D eigenvalue weighted by Gasteiger charge is 2.20. The maximum Gasteiger partial charge on any atom is 0.226 e. The molecular weight excluding hydrogens is 354 g/mol. The first-order valence-electron chi connectivity index (χ1n) is 8.00. The Balaban J connectivity index is 2.15. The van der Waals surface area contributed by atoms with Crippen LogP contribution in [0.1, 0.15) is 20.8 Å². The van der Waals surface area contributed by atoms with Gasteiger partial charge in [0.05, 0.1) is 36.2 Å². The molecule has 0 radical (unpaired) electrons. The minimum Gasteiger partial charge on any atom is -0.399 e. The van der Waals surface area contributed by atoms with Crippen LogP contribution in [0, 0.1) is 17.1 Å². The van der Waals surface area contributed by atoms with E-state index in [1.165, 1.54) is 36.0 Å². The van der Waals surface area contributed by atoms with E-state index in [0.29, 0.717) is 11.4 Å². The average Bonchev–Trinajstić information content (AvgIpc) is 3.06. The predicted octanol–water partition coefficient (Wildman–Crippen LogP) is 3.09. The van der Waals surface area contributed by atoms with E-state index in [2.05, 4.69) is 31.8 Å². The number of nitrogens with zero attached hydrogens (tertiary/aromatic N) is 5. The number of halogens is 2. The van der Waals surface area contributed by atoms with E-state index in [9.17, 15) is 8.78 Å². The number of anilines is 3. The van der Waals surface area contributed by atoms with E-state index in [1.807, 2.05) is 0 Å². The molecule has 0 aliphatic carbocycles. The molecular formula is C17H20F2N8. The molecule has 1 aromatic carbocycles. The second kappa shape index (κ2) is 8.27. The number of hydrogen-bond donors (Lipinski definition) is 3. The van der Waals surface area contributed by atoms with Crippen LogP contribution in [0.2, 0.25) is 0 Å². The van der Waals surface area contributed by atoms with Gasteiger partial charge in [-0.05, 0) is 39.0 Å². The monoisotopic (exact) mass is 374 g/mol. The second-order valence-electron chi connectivity index (χ2n) is 6.14. The van der Waals surface area contributed by atoms with Gasteiger partial charge in [-0.2, -0.15) is 10.4 Å². The van der Waals surface area contributed by atoms with Gasteiger partial charge in [0.25, 0.3) is 0 Å². The van der Waals surface area contributed by atoms with E-state index in [4.69, 9.17) is 11.0 Å². The minimum atomic E-state index is -1.51. The third-order valence-electron chi connectivity index (χ3n) is 3.38. The lowest BCUT2D eigenvalue weighted by molar-refractivity contribution is 0.376. The molecule has 2 rings (SSSR count). The van der Waals surface area contributed by atoms with E-state index in [-0.39, 0.29) is 11.6 Å². The summed E-state index contributed by atoms with van der Waals surface area (Å²) in [6, 6.07) is 6.16. The number of hydrogen-bond acceptors (Lipinski definition) is 4. The number of rotatable bonds is 5. The Labute approximate surface area is 155 Å². The van der Waals surface area contributed by atoms with Crippen LogP contribution in [0.5, 0.6) is 0 Å². The minimum absolute atomic E-state index is 0.0591. The maximum atomic E-state index is 13.7. The molecule has 1 atom stereocenters. The van der Waals surface area contributed by atoms with Crippen LogP contribution >= 0.6 is 0 Å². The summed E-state index contributed by atoms with van der Waals surface area (Å²) in [7, 11) is 0. The Kier molecular flexibility index (Phi) is 6.07. The number of nitrogens with one attached hydrogen (secondary N) is 2. The van der Waals surface area contributed by atoms with Crippen LogP contribution in [-0.4, -0.2) is 28.4 Å². The molecule has 1 heterocycles. The molecule has 0 spiro atoms. The van der Waals surface area contributed by atoms with Crippen molar-refractivity contribution in [3.05, 3.63) is 36.4 Å². The third kappa shape index (κ3) is 5.50. The molecule has 10 heteroatoms. The highest BCUT2D eigenvalue weighted by Crippen LogP contribution is 2.17. The quantitative estimate of drug-likeness (QED) is 0.322.